The molecule has 0 fully saturated rings. The summed E-state index contributed by atoms with van der Waals surface area (Å²) in [6.45, 7) is 7.09. The molecule has 1 heterocycles. The van der Waals surface area contributed by atoms with Crippen LogP contribution in [0.25, 0.3) is 0 Å². The average molecular weight is 325 g/mol. The number of ether oxygens (including phenoxy) is 2. The average Bonchev–Trinajstić information content (AvgIpc) is 2.56. The monoisotopic (exact) mass is 325 g/mol. The summed E-state index contributed by atoms with van der Waals surface area (Å²) in [5.74, 6) is 1.46. The first-order chi connectivity index (χ1) is 11.6. The SMILES string of the molecule is CCOc1cc2c(cc1OCC)C(c1ccccc1C)CC(=O)N2. The fourth-order valence-corrected chi connectivity index (χ4v) is 3.26. The van der Waals surface area contributed by atoms with Gasteiger partial charge in [-0.05, 0) is 43.5 Å². The number of hydrogen-bond acceptors (Lipinski definition) is 3. The van der Waals surface area contributed by atoms with Crippen LogP contribution in [0.2, 0.25) is 0 Å². The normalized spacial score (nSPS) is 16.3. The number of hydrogen-bond donors (Lipinski definition) is 1. The number of carbonyl (C=O) groups is 1. The first-order valence-corrected chi connectivity index (χ1v) is 8.43. The van der Waals surface area contributed by atoms with Gasteiger partial charge in [0.05, 0.1) is 13.2 Å². The summed E-state index contributed by atoms with van der Waals surface area (Å²) in [5, 5.41) is 2.97. The number of carbonyl (C=O) groups excluding carboxylic acids is 1. The van der Waals surface area contributed by atoms with Crippen molar-refractivity contribution >= 4 is 11.6 Å². The Labute approximate surface area is 142 Å². The van der Waals surface area contributed by atoms with Gasteiger partial charge in [-0.25, -0.2) is 0 Å². The maximum absolute atomic E-state index is 12.2. The van der Waals surface area contributed by atoms with Gasteiger partial charge in [-0.1, -0.05) is 24.3 Å². The highest BCUT2D eigenvalue weighted by Gasteiger charge is 2.29. The second-order valence-electron chi connectivity index (χ2n) is 5.91. The molecule has 1 N–H and O–H groups in total. The Bertz CT molecular complexity index is 755. The second kappa shape index (κ2) is 6.95. The van der Waals surface area contributed by atoms with E-state index in [1.165, 1.54) is 11.1 Å². The lowest BCUT2D eigenvalue weighted by Crippen LogP contribution is -2.24. The summed E-state index contributed by atoms with van der Waals surface area (Å²) in [6, 6.07) is 12.1. The molecule has 2 aromatic carbocycles. The van der Waals surface area contributed by atoms with Crippen LogP contribution >= 0.6 is 0 Å². The maximum atomic E-state index is 12.2. The van der Waals surface area contributed by atoms with Crippen LogP contribution in [0.5, 0.6) is 11.5 Å². The van der Waals surface area contributed by atoms with Gasteiger partial charge in [0.25, 0.3) is 0 Å². The molecular formula is C20H23NO3. The summed E-state index contributed by atoms with van der Waals surface area (Å²) in [4.78, 5) is 12.2. The Morgan fingerprint density at radius 2 is 1.71 bits per heavy atom. The Morgan fingerprint density at radius 1 is 1.04 bits per heavy atom. The quantitative estimate of drug-likeness (QED) is 0.893. The van der Waals surface area contributed by atoms with Gasteiger partial charge in [0.15, 0.2) is 11.5 Å². The molecule has 1 aliphatic rings. The van der Waals surface area contributed by atoms with Gasteiger partial charge < -0.3 is 14.8 Å². The van der Waals surface area contributed by atoms with Crippen molar-refractivity contribution in [3.05, 3.63) is 53.1 Å². The highest BCUT2D eigenvalue weighted by atomic mass is 16.5. The third-order valence-electron chi connectivity index (χ3n) is 4.32. The molecule has 0 aliphatic carbocycles. The zero-order chi connectivity index (χ0) is 17.1. The summed E-state index contributed by atoms with van der Waals surface area (Å²) in [6.07, 6.45) is 0.442. The Hall–Kier alpha value is -2.49. The van der Waals surface area contributed by atoms with E-state index in [9.17, 15) is 4.79 Å². The minimum absolute atomic E-state index is 0.0300. The molecule has 0 spiro atoms. The van der Waals surface area contributed by atoms with Crippen LogP contribution in [0.1, 0.15) is 42.9 Å². The van der Waals surface area contributed by atoms with Crippen molar-refractivity contribution in [1.82, 2.24) is 0 Å². The van der Waals surface area contributed by atoms with E-state index in [-0.39, 0.29) is 11.8 Å². The largest absolute Gasteiger partial charge is 0.490 e. The third kappa shape index (κ3) is 3.09. The minimum Gasteiger partial charge on any atom is -0.490 e. The number of anilines is 1. The van der Waals surface area contributed by atoms with Gasteiger partial charge in [0.2, 0.25) is 5.91 Å². The van der Waals surface area contributed by atoms with E-state index in [4.69, 9.17) is 9.47 Å². The zero-order valence-electron chi connectivity index (χ0n) is 14.4. The molecule has 0 saturated heterocycles. The smallest absolute Gasteiger partial charge is 0.225 e. The van der Waals surface area contributed by atoms with Gasteiger partial charge >= 0.3 is 0 Å². The van der Waals surface area contributed by atoms with Crippen LogP contribution in [-0.2, 0) is 4.79 Å². The summed E-state index contributed by atoms with van der Waals surface area (Å²) in [7, 11) is 0. The number of benzene rings is 2. The lowest BCUT2D eigenvalue weighted by Gasteiger charge is -2.28. The first-order valence-electron chi connectivity index (χ1n) is 8.43. The number of fused-ring (bicyclic) bond motifs is 1. The Balaban J connectivity index is 2.12. The molecule has 1 aliphatic heterocycles. The molecule has 4 heteroatoms. The molecule has 1 amide bonds. The molecule has 0 saturated carbocycles. The second-order valence-corrected chi connectivity index (χ2v) is 5.91. The lowest BCUT2D eigenvalue weighted by molar-refractivity contribution is -0.116. The standard InChI is InChI=1S/C20H23NO3/c1-4-23-18-10-16-15(14-9-7-6-8-13(14)3)11-20(22)21-17(16)12-19(18)24-5-2/h6-10,12,15H,4-5,11H2,1-3H3,(H,21,22). The molecule has 0 radical (unpaired) electrons. The predicted molar refractivity (Wildman–Crippen MR) is 95.0 cm³/mol. The topological polar surface area (TPSA) is 47.6 Å². The van der Waals surface area contributed by atoms with Gasteiger partial charge in [-0.3, -0.25) is 4.79 Å². The summed E-state index contributed by atoms with van der Waals surface area (Å²) in [5.41, 5.74) is 4.26. The molecule has 24 heavy (non-hydrogen) atoms. The van der Waals surface area contributed by atoms with E-state index < -0.39 is 0 Å². The molecule has 1 atom stereocenters. The van der Waals surface area contributed by atoms with Crippen molar-refractivity contribution in [2.45, 2.75) is 33.1 Å². The highest BCUT2D eigenvalue weighted by molar-refractivity contribution is 5.96. The van der Waals surface area contributed by atoms with Crippen LogP contribution in [0.4, 0.5) is 5.69 Å². The van der Waals surface area contributed by atoms with E-state index in [2.05, 4.69) is 24.4 Å². The fourth-order valence-electron chi connectivity index (χ4n) is 3.26. The van der Waals surface area contributed by atoms with Crippen molar-refractivity contribution in [2.24, 2.45) is 0 Å². The maximum Gasteiger partial charge on any atom is 0.225 e. The number of nitrogens with one attached hydrogen (secondary N) is 1. The van der Waals surface area contributed by atoms with E-state index in [0.29, 0.717) is 25.4 Å². The molecule has 126 valence electrons. The van der Waals surface area contributed by atoms with E-state index in [1.807, 2.05) is 38.1 Å². The molecule has 0 aromatic heterocycles. The third-order valence-corrected chi connectivity index (χ3v) is 4.32. The zero-order valence-corrected chi connectivity index (χ0v) is 14.4. The van der Waals surface area contributed by atoms with Crippen LogP contribution in [0.3, 0.4) is 0 Å². The first kappa shape index (κ1) is 16.4. The van der Waals surface area contributed by atoms with Gasteiger partial charge in [-0.2, -0.15) is 0 Å². The van der Waals surface area contributed by atoms with Crippen molar-refractivity contribution in [3.63, 3.8) is 0 Å². The molecule has 3 rings (SSSR count). The van der Waals surface area contributed by atoms with Crippen molar-refractivity contribution in [2.75, 3.05) is 18.5 Å². The molecule has 1 unspecified atom stereocenters. The van der Waals surface area contributed by atoms with Crippen LogP contribution in [-0.4, -0.2) is 19.1 Å². The predicted octanol–water partition coefficient (Wildman–Crippen LogP) is 4.27. The molecular weight excluding hydrogens is 302 g/mol. The van der Waals surface area contributed by atoms with Gasteiger partial charge in [0, 0.05) is 24.1 Å². The van der Waals surface area contributed by atoms with Gasteiger partial charge in [-0.15, -0.1) is 0 Å². The fraction of sp³-hybridized carbons (Fsp3) is 0.350. The number of aryl methyl sites for hydroxylation is 1. The highest BCUT2D eigenvalue weighted by Crippen LogP contribution is 2.43. The van der Waals surface area contributed by atoms with Gasteiger partial charge in [0.1, 0.15) is 0 Å². The van der Waals surface area contributed by atoms with E-state index in [0.717, 1.165) is 17.0 Å². The molecule has 2 aromatic rings. The van der Waals surface area contributed by atoms with E-state index >= 15 is 0 Å². The summed E-state index contributed by atoms with van der Waals surface area (Å²) >= 11 is 0. The van der Waals surface area contributed by atoms with E-state index in [1.54, 1.807) is 0 Å². The Morgan fingerprint density at radius 3 is 2.38 bits per heavy atom. The molecule has 4 nitrogen and oxygen atoms in total. The van der Waals surface area contributed by atoms with Crippen LogP contribution in [0.15, 0.2) is 36.4 Å². The molecule has 0 bridgehead atoms. The minimum atomic E-state index is 0.0300. The number of rotatable bonds is 5. The van der Waals surface area contributed by atoms with Crippen molar-refractivity contribution < 1.29 is 14.3 Å². The Kier molecular flexibility index (Phi) is 4.74. The van der Waals surface area contributed by atoms with Crippen LogP contribution < -0.4 is 14.8 Å². The lowest BCUT2D eigenvalue weighted by atomic mass is 9.82. The van der Waals surface area contributed by atoms with Crippen molar-refractivity contribution in [1.29, 1.82) is 0 Å². The summed E-state index contributed by atoms with van der Waals surface area (Å²) < 4.78 is 11.4. The van der Waals surface area contributed by atoms with Crippen molar-refractivity contribution in [3.8, 4) is 11.5 Å². The van der Waals surface area contributed by atoms with Crippen LogP contribution in [0, 0.1) is 6.92 Å². The number of amides is 1.